The van der Waals surface area contributed by atoms with Crippen molar-refractivity contribution in [2.45, 2.75) is 6.92 Å². The molecule has 0 aliphatic carbocycles. The molecule has 14 heavy (non-hydrogen) atoms. The number of thiazole rings is 1. The first-order valence-electron chi connectivity index (χ1n) is 4.47. The van der Waals surface area contributed by atoms with E-state index in [1.807, 2.05) is 24.0 Å². The molecular formula is C9H12N4S. The zero-order chi connectivity index (χ0) is 9.97. The van der Waals surface area contributed by atoms with E-state index in [0.29, 0.717) is 0 Å². The lowest BCUT2D eigenvalue weighted by Gasteiger charge is -1.96. The highest BCUT2D eigenvalue weighted by Crippen LogP contribution is 2.27. The van der Waals surface area contributed by atoms with Gasteiger partial charge in [0.2, 0.25) is 0 Å². The second-order valence-corrected chi connectivity index (χ2v) is 3.98. The number of aryl methyl sites for hydroxylation is 1. The topological polar surface area (TPSA) is 42.7 Å². The molecule has 0 atom stereocenters. The highest BCUT2D eigenvalue weighted by molar-refractivity contribution is 7.18. The summed E-state index contributed by atoms with van der Waals surface area (Å²) in [5.74, 6) is 0. The SMILES string of the molecule is CCNc1ncc(-c2cncn2C)s1. The summed E-state index contributed by atoms with van der Waals surface area (Å²) in [6, 6.07) is 0. The van der Waals surface area contributed by atoms with Crippen molar-refractivity contribution in [1.82, 2.24) is 14.5 Å². The fourth-order valence-corrected chi connectivity index (χ4v) is 2.16. The van der Waals surface area contributed by atoms with Crippen molar-refractivity contribution in [2.75, 3.05) is 11.9 Å². The summed E-state index contributed by atoms with van der Waals surface area (Å²) >= 11 is 1.65. The zero-order valence-corrected chi connectivity index (χ0v) is 9.01. The minimum Gasteiger partial charge on any atom is -0.362 e. The van der Waals surface area contributed by atoms with Gasteiger partial charge in [-0.3, -0.25) is 0 Å². The maximum Gasteiger partial charge on any atom is 0.183 e. The highest BCUT2D eigenvalue weighted by Gasteiger charge is 2.06. The molecule has 74 valence electrons. The van der Waals surface area contributed by atoms with Crippen LogP contribution in [0.5, 0.6) is 0 Å². The van der Waals surface area contributed by atoms with Gasteiger partial charge in [-0.15, -0.1) is 0 Å². The van der Waals surface area contributed by atoms with Crippen LogP contribution in [0.4, 0.5) is 5.13 Å². The number of nitrogens with zero attached hydrogens (tertiary/aromatic N) is 3. The van der Waals surface area contributed by atoms with E-state index in [9.17, 15) is 0 Å². The van der Waals surface area contributed by atoms with Crippen LogP contribution in [0.2, 0.25) is 0 Å². The number of hydrogen-bond donors (Lipinski definition) is 1. The lowest BCUT2D eigenvalue weighted by molar-refractivity contribution is 0.923. The van der Waals surface area contributed by atoms with Gasteiger partial charge in [0.1, 0.15) is 0 Å². The molecule has 1 N–H and O–H groups in total. The smallest absolute Gasteiger partial charge is 0.183 e. The first kappa shape index (κ1) is 9.21. The minimum atomic E-state index is 0.901. The summed E-state index contributed by atoms with van der Waals surface area (Å²) in [6.45, 7) is 2.96. The first-order valence-corrected chi connectivity index (χ1v) is 5.29. The Bertz CT molecular complexity index is 418. The van der Waals surface area contributed by atoms with Crippen LogP contribution in [-0.4, -0.2) is 21.1 Å². The molecule has 2 aromatic rings. The van der Waals surface area contributed by atoms with Crippen molar-refractivity contribution in [3.63, 3.8) is 0 Å². The summed E-state index contributed by atoms with van der Waals surface area (Å²) in [6.07, 6.45) is 5.52. The number of aromatic nitrogens is 3. The average Bonchev–Trinajstić information content (AvgIpc) is 2.74. The molecule has 2 heterocycles. The molecule has 2 rings (SSSR count). The molecule has 5 heteroatoms. The van der Waals surface area contributed by atoms with Gasteiger partial charge in [-0.25, -0.2) is 9.97 Å². The van der Waals surface area contributed by atoms with Gasteiger partial charge >= 0.3 is 0 Å². The van der Waals surface area contributed by atoms with Crippen LogP contribution in [0.1, 0.15) is 6.92 Å². The second kappa shape index (κ2) is 3.79. The van der Waals surface area contributed by atoms with Crippen molar-refractivity contribution < 1.29 is 0 Å². The lowest BCUT2D eigenvalue weighted by atomic mass is 10.4. The summed E-state index contributed by atoms with van der Waals surface area (Å²) in [7, 11) is 1.98. The summed E-state index contributed by atoms with van der Waals surface area (Å²) < 4.78 is 1.99. The van der Waals surface area contributed by atoms with E-state index in [4.69, 9.17) is 0 Å². The Balaban J connectivity index is 2.29. The van der Waals surface area contributed by atoms with Crippen molar-refractivity contribution in [2.24, 2.45) is 7.05 Å². The molecule has 0 unspecified atom stereocenters. The summed E-state index contributed by atoms with van der Waals surface area (Å²) in [4.78, 5) is 9.48. The average molecular weight is 208 g/mol. The Morgan fingerprint density at radius 1 is 1.50 bits per heavy atom. The van der Waals surface area contributed by atoms with Gasteiger partial charge in [0, 0.05) is 19.8 Å². The standard InChI is InChI=1S/C9H12N4S/c1-3-11-9-12-5-8(14-9)7-4-10-6-13(7)2/h4-6H,3H2,1-2H3,(H,11,12). The third kappa shape index (κ3) is 1.63. The second-order valence-electron chi connectivity index (χ2n) is 2.95. The van der Waals surface area contributed by atoms with E-state index >= 15 is 0 Å². The van der Waals surface area contributed by atoms with Gasteiger partial charge in [-0.2, -0.15) is 0 Å². The van der Waals surface area contributed by atoms with E-state index in [-0.39, 0.29) is 0 Å². The van der Waals surface area contributed by atoms with E-state index in [1.165, 1.54) is 0 Å². The third-order valence-electron chi connectivity index (χ3n) is 1.90. The van der Waals surface area contributed by atoms with Gasteiger partial charge in [-0.05, 0) is 6.92 Å². The molecule has 0 fully saturated rings. The summed E-state index contributed by atoms with van der Waals surface area (Å²) in [5.41, 5.74) is 1.10. The fraction of sp³-hybridized carbons (Fsp3) is 0.333. The number of rotatable bonds is 3. The Kier molecular flexibility index (Phi) is 2.49. The predicted octanol–water partition coefficient (Wildman–Crippen LogP) is 1.98. The van der Waals surface area contributed by atoms with Gasteiger partial charge in [0.15, 0.2) is 5.13 Å². The Morgan fingerprint density at radius 2 is 2.36 bits per heavy atom. The molecule has 4 nitrogen and oxygen atoms in total. The van der Waals surface area contributed by atoms with E-state index in [0.717, 1.165) is 22.2 Å². The van der Waals surface area contributed by atoms with Crippen LogP contribution in [0.3, 0.4) is 0 Å². The van der Waals surface area contributed by atoms with Crippen LogP contribution in [0.15, 0.2) is 18.7 Å². The lowest BCUT2D eigenvalue weighted by Crippen LogP contribution is -1.94. The van der Waals surface area contributed by atoms with E-state index in [1.54, 1.807) is 17.7 Å². The maximum absolute atomic E-state index is 4.27. The maximum atomic E-state index is 4.27. The predicted molar refractivity (Wildman–Crippen MR) is 58.5 cm³/mol. The van der Waals surface area contributed by atoms with Crippen molar-refractivity contribution >= 4 is 16.5 Å². The van der Waals surface area contributed by atoms with Crippen molar-refractivity contribution in [1.29, 1.82) is 0 Å². The Labute approximate surface area is 86.6 Å². The monoisotopic (exact) mass is 208 g/mol. The molecule has 0 saturated heterocycles. The van der Waals surface area contributed by atoms with Gasteiger partial charge < -0.3 is 9.88 Å². The highest BCUT2D eigenvalue weighted by atomic mass is 32.1. The quantitative estimate of drug-likeness (QED) is 0.838. The number of imidazole rings is 1. The van der Waals surface area contributed by atoms with Gasteiger partial charge in [0.25, 0.3) is 0 Å². The van der Waals surface area contributed by atoms with Crippen molar-refractivity contribution in [3.05, 3.63) is 18.7 Å². The molecule has 0 bridgehead atoms. The van der Waals surface area contributed by atoms with Crippen LogP contribution < -0.4 is 5.32 Å². The first-order chi connectivity index (χ1) is 6.81. The van der Waals surface area contributed by atoms with Gasteiger partial charge in [-0.1, -0.05) is 11.3 Å². The Hall–Kier alpha value is -1.36. The number of anilines is 1. The summed E-state index contributed by atoms with van der Waals surface area (Å²) in [5, 5.41) is 4.15. The van der Waals surface area contributed by atoms with Crippen LogP contribution in [-0.2, 0) is 7.05 Å². The third-order valence-corrected chi connectivity index (χ3v) is 2.88. The molecule has 0 aliphatic heterocycles. The molecule has 0 aromatic carbocycles. The molecule has 0 aliphatic rings. The van der Waals surface area contributed by atoms with Crippen LogP contribution in [0.25, 0.3) is 10.6 Å². The van der Waals surface area contributed by atoms with E-state index < -0.39 is 0 Å². The number of nitrogens with one attached hydrogen (secondary N) is 1. The van der Waals surface area contributed by atoms with Crippen molar-refractivity contribution in [3.8, 4) is 10.6 Å². The molecular weight excluding hydrogens is 196 g/mol. The van der Waals surface area contributed by atoms with Gasteiger partial charge in [0.05, 0.1) is 23.1 Å². The number of hydrogen-bond acceptors (Lipinski definition) is 4. The minimum absolute atomic E-state index is 0.901. The molecule has 0 spiro atoms. The molecule has 0 radical (unpaired) electrons. The fourth-order valence-electron chi connectivity index (χ4n) is 1.22. The zero-order valence-electron chi connectivity index (χ0n) is 8.19. The molecule has 2 aromatic heterocycles. The largest absolute Gasteiger partial charge is 0.362 e. The molecule has 0 amide bonds. The Morgan fingerprint density at radius 3 is 3.00 bits per heavy atom. The molecule has 0 saturated carbocycles. The van der Waals surface area contributed by atoms with Crippen LogP contribution >= 0.6 is 11.3 Å². The normalized spacial score (nSPS) is 10.4. The van der Waals surface area contributed by atoms with Crippen LogP contribution in [0, 0.1) is 0 Å². The van der Waals surface area contributed by atoms with E-state index in [2.05, 4.69) is 22.2 Å².